The molecular weight excluding hydrogens is 265 g/mol. The third kappa shape index (κ3) is 2.21. The summed E-state index contributed by atoms with van der Waals surface area (Å²) < 4.78 is 19.2. The molecule has 0 aromatic heterocycles. The Morgan fingerprint density at radius 2 is 1.81 bits per heavy atom. The maximum Gasteiger partial charge on any atom is 0.143 e. The first-order chi connectivity index (χ1) is 10.3. The van der Waals surface area contributed by atoms with E-state index in [1.807, 2.05) is 12.1 Å². The molecule has 3 aromatic carbocycles. The number of ether oxygens (including phenoxy) is 1. The molecule has 0 radical (unpaired) electrons. The first kappa shape index (κ1) is 12.2. The highest BCUT2D eigenvalue weighted by Gasteiger charge is 2.21. The minimum atomic E-state index is -0.256. The number of benzene rings is 3. The molecule has 0 amide bonds. The van der Waals surface area contributed by atoms with Crippen molar-refractivity contribution in [2.24, 2.45) is 0 Å². The molecule has 0 saturated carbocycles. The van der Waals surface area contributed by atoms with Crippen molar-refractivity contribution in [1.82, 2.24) is 0 Å². The molecular formula is C18H14FNO. The van der Waals surface area contributed by atoms with Gasteiger partial charge in [0.1, 0.15) is 17.7 Å². The van der Waals surface area contributed by atoms with Gasteiger partial charge in [0.25, 0.3) is 0 Å². The zero-order chi connectivity index (χ0) is 14.2. The van der Waals surface area contributed by atoms with Gasteiger partial charge in [0.15, 0.2) is 0 Å². The van der Waals surface area contributed by atoms with Gasteiger partial charge in [-0.1, -0.05) is 36.4 Å². The minimum absolute atomic E-state index is 0.0624. The smallest absolute Gasteiger partial charge is 0.143 e. The van der Waals surface area contributed by atoms with Gasteiger partial charge in [0, 0.05) is 6.07 Å². The first-order valence-corrected chi connectivity index (χ1v) is 6.98. The molecule has 3 aromatic rings. The quantitative estimate of drug-likeness (QED) is 0.707. The Balaban J connectivity index is 1.68. The van der Waals surface area contributed by atoms with Crippen LogP contribution in [0.1, 0.15) is 11.7 Å². The van der Waals surface area contributed by atoms with E-state index in [9.17, 15) is 4.39 Å². The predicted octanol–water partition coefficient (Wildman–Crippen LogP) is 4.52. The minimum Gasteiger partial charge on any atom is -0.482 e. The molecule has 104 valence electrons. The summed E-state index contributed by atoms with van der Waals surface area (Å²) in [6.07, 6.45) is -0.0624. The van der Waals surface area contributed by atoms with Gasteiger partial charge in [-0.25, -0.2) is 4.39 Å². The number of anilines is 1. The van der Waals surface area contributed by atoms with E-state index in [0.717, 1.165) is 5.56 Å². The Labute approximate surface area is 122 Å². The van der Waals surface area contributed by atoms with Gasteiger partial charge < -0.3 is 10.1 Å². The molecule has 0 saturated heterocycles. The van der Waals surface area contributed by atoms with E-state index in [0.29, 0.717) is 18.0 Å². The van der Waals surface area contributed by atoms with Gasteiger partial charge in [-0.3, -0.25) is 0 Å². The van der Waals surface area contributed by atoms with Crippen LogP contribution in [0.3, 0.4) is 0 Å². The van der Waals surface area contributed by atoms with Crippen molar-refractivity contribution in [2.75, 3.05) is 11.9 Å². The van der Waals surface area contributed by atoms with E-state index < -0.39 is 0 Å². The number of nitrogens with one attached hydrogen (secondary N) is 1. The van der Waals surface area contributed by atoms with Gasteiger partial charge >= 0.3 is 0 Å². The van der Waals surface area contributed by atoms with E-state index in [1.54, 1.807) is 6.07 Å². The number of hydrogen-bond donors (Lipinski definition) is 1. The zero-order valence-corrected chi connectivity index (χ0v) is 11.3. The fourth-order valence-corrected chi connectivity index (χ4v) is 2.73. The van der Waals surface area contributed by atoms with Crippen molar-refractivity contribution >= 4 is 16.5 Å². The van der Waals surface area contributed by atoms with Gasteiger partial charge in [0.2, 0.25) is 0 Å². The summed E-state index contributed by atoms with van der Waals surface area (Å²) in [4.78, 5) is 0. The summed E-state index contributed by atoms with van der Waals surface area (Å²) in [5, 5.41) is 5.65. The van der Waals surface area contributed by atoms with Crippen LogP contribution < -0.4 is 10.1 Å². The number of rotatable bonds is 1. The Morgan fingerprint density at radius 1 is 0.952 bits per heavy atom. The Bertz CT molecular complexity index is 815. The van der Waals surface area contributed by atoms with Gasteiger partial charge in [-0.15, -0.1) is 0 Å². The maximum atomic E-state index is 13.2. The van der Waals surface area contributed by atoms with Gasteiger partial charge in [-0.2, -0.15) is 0 Å². The summed E-state index contributed by atoms with van der Waals surface area (Å²) in [7, 11) is 0. The van der Waals surface area contributed by atoms with E-state index in [2.05, 4.69) is 35.6 Å². The van der Waals surface area contributed by atoms with Crippen molar-refractivity contribution in [3.63, 3.8) is 0 Å². The van der Waals surface area contributed by atoms with Crippen LogP contribution in [-0.2, 0) is 0 Å². The van der Waals surface area contributed by atoms with Crippen molar-refractivity contribution < 1.29 is 9.13 Å². The van der Waals surface area contributed by atoms with Crippen molar-refractivity contribution in [3.05, 3.63) is 72.0 Å². The van der Waals surface area contributed by atoms with Gasteiger partial charge in [-0.05, 0) is 34.5 Å². The molecule has 21 heavy (non-hydrogen) atoms. The zero-order valence-electron chi connectivity index (χ0n) is 11.3. The standard InChI is InChI=1S/C18H14FNO/c19-15-7-8-17-16(10-15)20-11-18(21-17)14-6-5-12-3-1-2-4-13(12)9-14/h1-10,18,20H,11H2. The van der Waals surface area contributed by atoms with Crippen LogP contribution in [0.25, 0.3) is 10.8 Å². The highest BCUT2D eigenvalue weighted by atomic mass is 19.1. The highest BCUT2D eigenvalue weighted by molar-refractivity contribution is 5.83. The second-order valence-corrected chi connectivity index (χ2v) is 5.23. The van der Waals surface area contributed by atoms with E-state index in [4.69, 9.17) is 4.74 Å². The first-order valence-electron chi connectivity index (χ1n) is 6.98. The topological polar surface area (TPSA) is 21.3 Å². The molecule has 0 bridgehead atoms. The molecule has 1 N–H and O–H groups in total. The van der Waals surface area contributed by atoms with Crippen LogP contribution >= 0.6 is 0 Å². The van der Waals surface area contributed by atoms with Crippen LogP contribution in [-0.4, -0.2) is 6.54 Å². The average Bonchev–Trinajstić information content (AvgIpc) is 2.54. The largest absolute Gasteiger partial charge is 0.482 e. The number of halogens is 1. The van der Waals surface area contributed by atoms with E-state index in [-0.39, 0.29) is 11.9 Å². The van der Waals surface area contributed by atoms with E-state index in [1.165, 1.54) is 22.9 Å². The lowest BCUT2D eigenvalue weighted by molar-refractivity contribution is 0.210. The summed E-state index contributed by atoms with van der Waals surface area (Å²) in [5.41, 5.74) is 1.84. The normalized spacial score (nSPS) is 16.9. The second-order valence-electron chi connectivity index (χ2n) is 5.23. The summed E-state index contributed by atoms with van der Waals surface area (Å²) in [6.45, 7) is 0.634. The number of fused-ring (bicyclic) bond motifs is 2. The Morgan fingerprint density at radius 3 is 2.71 bits per heavy atom. The molecule has 0 fully saturated rings. The predicted molar refractivity (Wildman–Crippen MR) is 82.2 cm³/mol. The summed E-state index contributed by atoms with van der Waals surface area (Å²) in [5.74, 6) is 0.440. The molecule has 1 aliphatic heterocycles. The van der Waals surface area contributed by atoms with Gasteiger partial charge in [0.05, 0.1) is 12.2 Å². The van der Waals surface area contributed by atoms with Crippen molar-refractivity contribution in [1.29, 1.82) is 0 Å². The molecule has 1 unspecified atom stereocenters. The lowest BCUT2D eigenvalue weighted by atomic mass is 10.0. The van der Waals surface area contributed by atoms with Crippen LogP contribution in [0, 0.1) is 5.82 Å². The Hall–Kier alpha value is -2.55. The van der Waals surface area contributed by atoms with E-state index >= 15 is 0 Å². The van der Waals surface area contributed by atoms with Crippen LogP contribution in [0.2, 0.25) is 0 Å². The molecule has 0 spiro atoms. The molecule has 4 rings (SSSR count). The molecule has 1 aliphatic rings. The number of hydrogen-bond acceptors (Lipinski definition) is 2. The van der Waals surface area contributed by atoms with Crippen LogP contribution in [0.4, 0.5) is 10.1 Å². The molecule has 1 heterocycles. The fourth-order valence-electron chi connectivity index (χ4n) is 2.73. The third-order valence-corrected chi connectivity index (χ3v) is 3.83. The lowest BCUT2D eigenvalue weighted by Gasteiger charge is -2.27. The summed E-state index contributed by atoms with van der Waals surface area (Å²) in [6, 6.07) is 19.2. The Kier molecular flexibility index (Phi) is 2.78. The maximum absolute atomic E-state index is 13.2. The van der Waals surface area contributed by atoms with Crippen LogP contribution in [0.15, 0.2) is 60.7 Å². The molecule has 1 atom stereocenters. The lowest BCUT2D eigenvalue weighted by Crippen LogP contribution is -2.23. The molecule has 2 nitrogen and oxygen atoms in total. The molecule has 0 aliphatic carbocycles. The SMILES string of the molecule is Fc1ccc2c(c1)NCC(c1ccc3ccccc3c1)O2. The monoisotopic (exact) mass is 279 g/mol. The molecule has 3 heteroatoms. The van der Waals surface area contributed by atoms with Crippen LogP contribution in [0.5, 0.6) is 5.75 Å². The average molecular weight is 279 g/mol. The third-order valence-electron chi connectivity index (χ3n) is 3.83. The van der Waals surface area contributed by atoms with Crippen molar-refractivity contribution in [3.8, 4) is 5.75 Å². The van der Waals surface area contributed by atoms with Crippen molar-refractivity contribution in [2.45, 2.75) is 6.10 Å². The second kappa shape index (κ2) is 4.77. The highest BCUT2D eigenvalue weighted by Crippen LogP contribution is 2.35. The fraction of sp³-hybridized carbons (Fsp3) is 0.111. The summed E-state index contributed by atoms with van der Waals surface area (Å²) >= 11 is 0.